The van der Waals surface area contributed by atoms with E-state index in [4.69, 9.17) is 5.73 Å². The Kier molecular flexibility index (Phi) is 10.3. The topological polar surface area (TPSA) is 117 Å². The lowest BCUT2D eigenvalue weighted by atomic mass is 10.0. The minimum atomic E-state index is -0.658. The smallest absolute Gasteiger partial charge is 0.319 e. The molecule has 1 aromatic carbocycles. The largest absolute Gasteiger partial charge is 0.354 e. The minimum absolute atomic E-state index is 0. The van der Waals surface area contributed by atoms with Gasteiger partial charge in [0.2, 0.25) is 11.8 Å². The number of carbonyl (C=O) groups is 3. The number of amides is 4. The second kappa shape index (κ2) is 12.2. The number of rotatable bonds is 7. The number of nitrogens with two attached hydrogens (primary N) is 1. The summed E-state index contributed by atoms with van der Waals surface area (Å²) >= 11 is 0. The summed E-state index contributed by atoms with van der Waals surface area (Å²) in [4.78, 5) is 38.4. The first kappa shape index (κ1) is 23.7. The number of piperidine rings is 1. The molecule has 1 aromatic rings. The van der Waals surface area contributed by atoms with E-state index in [0.717, 1.165) is 19.3 Å². The standard InChI is InChI=1S/C19H29N5O3.ClH/c1-14(22-19(27)23-15-7-3-2-4-8-15)18(26)24-12-6-5-9-16(24)13-21-17(25)10-11-20;/h2-4,7-8,14,16H,5-6,9-13,20H2,1H3,(H,21,25)(H2,22,23,27);1H. The van der Waals surface area contributed by atoms with E-state index >= 15 is 0 Å². The predicted octanol–water partition coefficient (Wildman–Crippen LogP) is 1.46. The summed E-state index contributed by atoms with van der Waals surface area (Å²) in [6.45, 7) is 3.01. The maximum atomic E-state index is 12.8. The molecular weight excluding hydrogens is 382 g/mol. The van der Waals surface area contributed by atoms with E-state index in [0.29, 0.717) is 25.3 Å². The van der Waals surface area contributed by atoms with Gasteiger partial charge in [-0.15, -0.1) is 12.4 Å². The summed E-state index contributed by atoms with van der Waals surface area (Å²) in [7, 11) is 0. The van der Waals surface area contributed by atoms with E-state index in [1.165, 1.54) is 0 Å². The first-order valence-corrected chi connectivity index (χ1v) is 9.41. The van der Waals surface area contributed by atoms with Gasteiger partial charge in [0, 0.05) is 37.8 Å². The van der Waals surface area contributed by atoms with E-state index < -0.39 is 12.1 Å². The van der Waals surface area contributed by atoms with Gasteiger partial charge in [-0.2, -0.15) is 0 Å². The van der Waals surface area contributed by atoms with Crippen molar-refractivity contribution in [2.45, 2.75) is 44.7 Å². The van der Waals surface area contributed by atoms with Crippen LogP contribution in [0.4, 0.5) is 10.5 Å². The highest BCUT2D eigenvalue weighted by Crippen LogP contribution is 2.17. The summed E-state index contributed by atoms with van der Waals surface area (Å²) < 4.78 is 0. The van der Waals surface area contributed by atoms with Gasteiger partial charge in [-0.25, -0.2) is 4.79 Å². The molecule has 0 aromatic heterocycles. The SMILES string of the molecule is CC(NC(=O)Nc1ccccc1)C(=O)N1CCCCC1CNC(=O)CCN.Cl. The predicted molar refractivity (Wildman–Crippen MR) is 111 cm³/mol. The quantitative estimate of drug-likeness (QED) is 0.543. The zero-order valence-corrected chi connectivity index (χ0v) is 17.0. The average Bonchev–Trinajstić information content (AvgIpc) is 2.67. The Hall–Kier alpha value is -2.32. The fraction of sp³-hybridized carbons (Fsp3) is 0.526. The van der Waals surface area contributed by atoms with Crippen LogP contribution >= 0.6 is 12.4 Å². The van der Waals surface area contributed by atoms with Crippen molar-refractivity contribution in [2.75, 3.05) is 25.0 Å². The lowest BCUT2D eigenvalue weighted by Gasteiger charge is -2.37. The highest BCUT2D eigenvalue weighted by atomic mass is 35.5. The fourth-order valence-electron chi connectivity index (χ4n) is 3.15. The first-order valence-electron chi connectivity index (χ1n) is 9.41. The number of nitrogens with one attached hydrogen (secondary N) is 3. The van der Waals surface area contributed by atoms with Crippen LogP contribution < -0.4 is 21.7 Å². The highest BCUT2D eigenvalue weighted by Gasteiger charge is 2.30. The normalized spacial score (nSPS) is 17.1. The summed E-state index contributed by atoms with van der Waals surface area (Å²) in [5.41, 5.74) is 6.04. The number of para-hydroxylation sites is 1. The Morgan fingerprint density at radius 1 is 1.21 bits per heavy atom. The van der Waals surface area contributed by atoms with Gasteiger partial charge >= 0.3 is 6.03 Å². The van der Waals surface area contributed by atoms with Crippen LogP contribution in [0.15, 0.2) is 30.3 Å². The monoisotopic (exact) mass is 411 g/mol. The average molecular weight is 412 g/mol. The molecule has 0 spiro atoms. The highest BCUT2D eigenvalue weighted by molar-refractivity contribution is 5.93. The van der Waals surface area contributed by atoms with Crippen LogP contribution in [0.5, 0.6) is 0 Å². The fourth-order valence-corrected chi connectivity index (χ4v) is 3.15. The molecule has 28 heavy (non-hydrogen) atoms. The van der Waals surface area contributed by atoms with Crippen LogP contribution in [-0.4, -0.2) is 54.5 Å². The Bertz CT molecular complexity index is 644. The molecule has 8 nitrogen and oxygen atoms in total. The maximum absolute atomic E-state index is 12.8. The third-order valence-corrected chi connectivity index (χ3v) is 4.57. The van der Waals surface area contributed by atoms with Crippen LogP contribution in [0, 0.1) is 0 Å². The Balaban J connectivity index is 0.00000392. The van der Waals surface area contributed by atoms with Crippen LogP contribution in [0.25, 0.3) is 0 Å². The van der Waals surface area contributed by atoms with Crippen LogP contribution in [0.2, 0.25) is 0 Å². The van der Waals surface area contributed by atoms with Crippen molar-refractivity contribution in [2.24, 2.45) is 5.73 Å². The molecule has 1 aliphatic heterocycles. The van der Waals surface area contributed by atoms with Crippen molar-refractivity contribution >= 4 is 35.9 Å². The van der Waals surface area contributed by atoms with Gasteiger partial charge < -0.3 is 26.6 Å². The zero-order valence-electron chi connectivity index (χ0n) is 16.1. The molecule has 2 unspecified atom stereocenters. The van der Waals surface area contributed by atoms with Gasteiger partial charge in [-0.1, -0.05) is 18.2 Å². The molecule has 0 bridgehead atoms. The number of carbonyl (C=O) groups excluding carboxylic acids is 3. The molecule has 1 saturated heterocycles. The molecule has 0 saturated carbocycles. The molecular formula is C19H30ClN5O3. The van der Waals surface area contributed by atoms with E-state index in [1.54, 1.807) is 24.0 Å². The number of hydrogen-bond acceptors (Lipinski definition) is 4. The third kappa shape index (κ3) is 7.36. The maximum Gasteiger partial charge on any atom is 0.319 e. The number of benzene rings is 1. The van der Waals surface area contributed by atoms with Crippen molar-refractivity contribution in [1.29, 1.82) is 0 Å². The lowest BCUT2D eigenvalue weighted by molar-refractivity contribution is -0.137. The van der Waals surface area contributed by atoms with Gasteiger partial charge in [-0.05, 0) is 38.3 Å². The number of hydrogen-bond donors (Lipinski definition) is 4. The Morgan fingerprint density at radius 2 is 1.93 bits per heavy atom. The first-order chi connectivity index (χ1) is 13.0. The van der Waals surface area contributed by atoms with Crippen LogP contribution in [0.1, 0.15) is 32.6 Å². The lowest BCUT2D eigenvalue weighted by Crippen LogP contribution is -2.55. The third-order valence-electron chi connectivity index (χ3n) is 4.57. The van der Waals surface area contributed by atoms with Gasteiger partial charge in [0.1, 0.15) is 6.04 Å². The number of nitrogens with zero attached hydrogens (tertiary/aromatic N) is 1. The summed E-state index contributed by atoms with van der Waals surface area (Å²) in [5, 5.41) is 8.23. The molecule has 9 heteroatoms. The van der Waals surface area contributed by atoms with E-state index in [-0.39, 0.29) is 36.7 Å². The number of likely N-dealkylation sites (tertiary alicyclic amines) is 1. The minimum Gasteiger partial charge on any atom is -0.354 e. The van der Waals surface area contributed by atoms with Crippen molar-refractivity contribution in [3.8, 4) is 0 Å². The number of urea groups is 1. The van der Waals surface area contributed by atoms with Crippen molar-refractivity contribution in [3.05, 3.63) is 30.3 Å². The molecule has 2 rings (SSSR count). The zero-order chi connectivity index (χ0) is 19.6. The molecule has 1 heterocycles. The van der Waals surface area contributed by atoms with E-state index in [1.807, 2.05) is 18.2 Å². The summed E-state index contributed by atoms with van der Waals surface area (Å²) in [6.07, 6.45) is 3.04. The van der Waals surface area contributed by atoms with Gasteiger partial charge in [0.05, 0.1) is 0 Å². The van der Waals surface area contributed by atoms with Crippen molar-refractivity contribution in [1.82, 2.24) is 15.5 Å². The molecule has 5 N–H and O–H groups in total. The Morgan fingerprint density at radius 3 is 2.61 bits per heavy atom. The molecule has 1 aliphatic rings. The second-order valence-corrected chi connectivity index (χ2v) is 6.71. The van der Waals surface area contributed by atoms with Gasteiger partial charge in [-0.3, -0.25) is 9.59 Å². The van der Waals surface area contributed by atoms with Crippen LogP contribution in [0.3, 0.4) is 0 Å². The van der Waals surface area contributed by atoms with E-state index in [9.17, 15) is 14.4 Å². The summed E-state index contributed by atoms with van der Waals surface area (Å²) in [5.74, 6) is -0.250. The molecule has 0 radical (unpaired) electrons. The van der Waals surface area contributed by atoms with Gasteiger partial charge in [0.25, 0.3) is 0 Å². The molecule has 4 amide bonds. The van der Waals surface area contributed by atoms with Crippen molar-refractivity contribution < 1.29 is 14.4 Å². The number of anilines is 1. The second-order valence-electron chi connectivity index (χ2n) is 6.71. The molecule has 1 fully saturated rings. The van der Waals surface area contributed by atoms with Crippen LogP contribution in [-0.2, 0) is 9.59 Å². The summed E-state index contributed by atoms with van der Waals surface area (Å²) in [6, 6.07) is 7.91. The molecule has 0 aliphatic carbocycles. The molecule has 156 valence electrons. The Labute approximate surface area is 172 Å². The van der Waals surface area contributed by atoms with Crippen molar-refractivity contribution in [3.63, 3.8) is 0 Å². The van der Waals surface area contributed by atoms with Gasteiger partial charge in [0.15, 0.2) is 0 Å². The number of halogens is 1. The van der Waals surface area contributed by atoms with E-state index in [2.05, 4.69) is 16.0 Å². The molecule has 2 atom stereocenters.